The number of benzene rings is 1. The van der Waals surface area contributed by atoms with E-state index in [-0.39, 0.29) is 23.3 Å². The van der Waals surface area contributed by atoms with Gasteiger partial charge in [0.25, 0.3) is 11.7 Å². The van der Waals surface area contributed by atoms with Crippen LogP contribution in [0.15, 0.2) is 45.4 Å². The second-order valence-electron chi connectivity index (χ2n) is 4.28. The Kier molecular flexibility index (Phi) is 2.86. The Hall–Kier alpha value is -2.83. The number of nitro groups is 1. The average molecular weight is 273 g/mol. The van der Waals surface area contributed by atoms with Crippen molar-refractivity contribution >= 4 is 22.8 Å². The van der Waals surface area contributed by atoms with Gasteiger partial charge in [-0.15, -0.1) is 0 Å². The van der Waals surface area contributed by atoms with Crippen molar-refractivity contribution < 1.29 is 13.8 Å². The lowest BCUT2D eigenvalue weighted by Crippen LogP contribution is -2.05. The van der Waals surface area contributed by atoms with Crippen molar-refractivity contribution in [2.24, 2.45) is 0 Å². The summed E-state index contributed by atoms with van der Waals surface area (Å²) in [5.74, 6) is 0.724. The van der Waals surface area contributed by atoms with Gasteiger partial charge in [0, 0.05) is 6.07 Å². The van der Waals surface area contributed by atoms with Gasteiger partial charge in [-0.2, -0.15) is 4.98 Å². The minimum Gasteiger partial charge on any atom is -0.467 e. The monoisotopic (exact) mass is 273 g/mol. The predicted octanol–water partition coefficient (Wildman–Crippen LogP) is 3.50. The van der Waals surface area contributed by atoms with Gasteiger partial charge in [0.1, 0.15) is 5.76 Å². The molecule has 0 aliphatic rings. The quantitative estimate of drug-likeness (QED) is 0.577. The third kappa shape index (κ3) is 2.09. The van der Waals surface area contributed by atoms with Crippen LogP contribution in [0, 0.1) is 10.1 Å². The predicted molar refractivity (Wildman–Crippen MR) is 71.4 cm³/mol. The Morgan fingerprint density at radius 2 is 2.20 bits per heavy atom. The second kappa shape index (κ2) is 4.69. The molecule has 0 aliphatic carbocycles. The number of furan rings is 1. The number of fused-ring (bicyclic) bond motifs is 1. The lowest BCUT2D eigenvalue weighted by molar-refractivity contribution is -0.383. The van der Waals surface area contributed by atoms with Gasteiger partial charge >= 0.3 is 0 Å². The van der Waals surface area contributed by atoms with E-state index in [2.05, 4.69) is 10.3 Å². The highest BCUT2D eigenvalue weighted by Crippen LogP contribution is 2.28. The van der Waals surface area contributed by atoms with Crippen molar-refractivity contribution in [1.82, 2.24) is 4.98 Å². The fraction of sp³-hybridized carbons (Fsp3) is 0.154. The molecule has 1 aromatic carbocycles. The van der Waals surface area contributed by atoms with Gasteiger partial charge in [-0.25, -0.2) is 0 Å². The molecule has 0 saturated heterocycles. The summed E-state index contributed by atoms with van der Waals surface area (Å²) in [4.78, 5) is 14.6. The van der Waals surface area contributed by atoms with Gasteiger partial charge in [0.05, 0.1) is 17.2 Å². The minimum absolute atomic E-state index is 0.0787. The summed E-state index contributed by atoms with van der Waals surface area (Å²) in [6.45, 7) is 1.88. The Bertz CT molecular complexity index is 748. The van der Waals surface area contributed by atoms with Crippen molar-refractivity contribution in [3.05, 3.63) is 52.5 Å². The Morgan fingerprint density at radius 3 is 2.90 bits per heavy atom. The smallest absolute Gasteiger partial charge is 0.298 e. The molecule has 0 fully saturated rings. The van der Waals surface area contributed by atoms with E-state index in [1.807, 2.05) is 13.0 Å². The van der Waals surface area contributed by atoms with Crippen molar-refractivity contribution in [2.45, 2.75) is 13.0 Å². The van der Waals surface area contributed by atoms with E-state index in [1.54, 1.807) is 24.5 Å². The molecule has 0 amide bonds. The van der Waals surface area contributed by atoms with Crippen LogP contribution in [0.25, 0.3) is 11.1 Å². The first-order valence-corrected chi connectivity index (χ1v) is 5.99. The third-order valence-electron chi connectivity index (χ3n) is 2.90. The molecular formula is C13H11N3O4. The summed E-state index contributed by atoms with van der Waals surface area (Å²) in [5, 5.41) is 13.9. The molecule has 2 heterocycles. The number of aromatic nitrogens is 1. The molecule has 1 atom stereocenters. The Labute approximate surface area is 113 Å². The molecule has 3 aromatic rings. The number of nitrogens with one attached hydrogen (secondary N) is 1. The number of nitrogens with zero attached hydrogens (tertiary/aromatic N) is 2. The van der Waals surface area contributed by atoms with Crippen LogP contribution in [0.3, 0.4) is 0 Å². The lowest BCUT2D eigenvalue weighted by atomic mass is 10.2. The molecule has 20 heavy (non-hydrogen) atoms. The molecule has 7 heteroatoms. The van der Waals surface area contributed by atoms with E-state index in [0.717, 1.165) is 5.76 Å². The molecule has 3 rings (SSSR count). The van der Waals surface area contributed by atoms with Crippen molar-refractivity contribution in [3.8, 4) is 0 Å². The number of hydrogen-bond acceptors (Lipinski definition) is 6. The summed E-state index contributed by atoms with van der Waals surface area (Å²) in [7, 11) is 0. The second-order valence-corrected chi connectivity index (χ2v) is 4.28. The lowest BCUT2D eigenvalue weighted by Gasteiger charge is -2.07. The Balaban J connectivity index is 1.93. The third-order valence-corrected chi connectivity index (χ3v) is 2.90. The molecule has 0 bridgehead atoms. The molecule has 1 N–H and O–H groups in total. The first-order chi connectivity index (χ1) is 9.65. The maximum atomic E-state index is 10.9. The Morgan fingerprint density at radius 1 is 1.35 bits per heavy atom. The van der Waals surface area contributed by atoms with Gasteiger partial charge in [-0.3, -0.25) is 10.1 Å². The number of rotatable bonds is 4. The summed E-state index contributed by atoms with van der Waals surface area (Å²) in [6.07, 6.45) is 1.57. The van der Waals surface area contributed by atoms with E-state index in [4.69, 9.17) is 8.83 Å². The zero-order chi connectivity index (χ0) is 14.1. The van der Waals surface area contributed by atoms with Gasteiger partial charge < -0.3 is 14.2 Å². The van der Waals surface area contributed by atoms with Crippen LogP contribution in [0.2, 0.25) is 0 Å². The number of anilines is 1. The summed E-state index contributed by atoms with van der Waals surface area (Å²) in [5.41, 5.74) is 0.518. The largest absolute Gasteiger partial charge is 0.467 e. The normalized spacial score (nSPS) is 12.4. The molecular weight excluding hydrogens is 262 g/mol. The fourth-order valence-electron chi connectivity index (χ4n) is 1.94. The van der Waals surface area contributed by atoms with Gasteiger partial charge in [-0.05, 0) is 25.1 Å². The zero-order valence-electron chi connectivity index (χ0n) is 10.6. The summed E-state index contributed by atoms with van der Waals surface area (Å²) in [6, 6.07) is 8.26. The molecule has 102 valence electrons. The fourth-order valence-corrected chi connectivity index (χ4v) is 1.94. The maximum absolute atomic E-state index is 10.9. The van der Waals surface area contributed by atoms with E-state index in [1.165, 1.54) is 6.07 Å². The van der Waals surface area contributed by atoms with E-state index < -0.39 is 4.92 Å². The standard InChI is InChI=1S/C13H11N3O4/c1-8(10-6-3-7-19-10)14-13-15-12-9(16(17)18)4-2-5-11(12)20-13/h2-8H,1H3,(H,14,15). The molecule has 0 radical (unpaired) electrons. The number of para-hydroxylation sites is 1. The molecule has 1 unspecified atom stereocenters. The highest BCUT2D eigenvalue weighted by Gasteiger charge is 2.18. The number of oxazole rings is 1. The first-order valence-electron chi connectivity index (χ1n) is 5.99. The molecule has 7 nitrogen and oxygen atoms in total. The first kappa shape index (κ1) is 12.2. The van der Waals surface area contributed by atoms with Gasteiger partial charge in [0.2, 0.25) is 0 Å². The highest BCUT2D eigenvalue weighted by atomic mass is 16.6. The van der Waals surface area contributed by atoms with Gasteiger partial charge in [-0.1, -0.05) is 6.07 Å². The minimum atomic E-state index is -0.482. The average Bonchev–Trinajstić information content (AvgIpc) is 3.06. The molecule has 0 aliphatic heterocycles. The topological polar surface area (TPSA) is 94.3 Å². The maximum Gasteiger partial charge on any atom is 0.298 e. The van der Waals surface area contributed by atoms with Gasteiger partial charge in [0.15, 0.2) is 11.1 Å². The van der Waals surface area contributed by atoms with Crippen molar-refractivity contribution in [1.29, 1.82) is 0 Å². The van der Waals surface area contributed by atoms with Crippen LogP contribution < -0.4 is 5.32 Å². The molecule has 2 aromatic heterocycles. The van der Waals surface area contributed by atoms with Crippen LogP contribution in [-0.4, -0.2) is 9.91 Å². The van der Waals surface area contributed by atoms with Crippen LogP contribution >= 0.6 is 0 Å². The van der Waals surface area contributed by atoms with Crippen LogP contribution in [0.1, 0.15) is 18.7 Å². The van der Waals surface area contributed by atoms with Crippen LogP contribution in [0.5, 0.6) is 0 Å². The van der Waals surface area contributed by atoms with E-state index >= 15 is 0 Å². The molecule has 0 saturated carbocycles. The van der Waals surface area contributed by atoms with Crippen molar-refractivity contribution in [3.63, 3.8) is 0 Å². The highest BCUT2D eigenvalue weighted by molar-refractivity contribution is 5.84. The van der Waals surface area contributed by atoms with Crippen molar-refractivity contribution in [2.75, 3.05) is 5.32 Å². The van der Waals surface area contributed by atoms with E-state index in [9.17, 15) is 10.1 Å². The molecule has 0 spiro atoms. The number of nitro benzene ring substituents is 1. The van der Waals surface area contributed by atoms with Crippen LogP contribution in [-0.2, 0) is 0 Å². The van der Waals surface area contributed by atoms with Crippen LogP contribution in [0.4, 0.5) is 11.7 Å². The van der Waals surface area contributed by atoms with E-state index in [0.29, 0.717) is 5.58 Å². The number of non-ortho nitro benzene ring substituents is 1. The SMILES string of the molecule is CC(Nc1nc2c([N+](=O)[O-])cccc2o1)c1ccco1. The summed E-state index contributed by atoms with van der Waals surface area (Å²) < 4.78 is 10.7. The number of hydrogen-bond donors (Lipinski definition) is 1. The summed E-state index contributed by atoms with van der Waals surface area (Å²) >= 11 is 0. The zero-order valence-corrected chi connectivity index (χ0v) is 10.6.